The van der Waals surface area contributed by atoms with E-state index in [0.29, 0.717) is 23.5 Å². The minimum absolute atomic E-state index is 0.109. The largest absolute Gasteiger partial charge is 0.462 e. The molecule has 0 aromatic heterocycles. The SMILES string of the molecule is CCC[C@@H]1CC2=CC(=O)CC[C@@H]2[C@H]2CC[C@]3(C)[C@@H](OC(C)=O)CC[C@H]3[C@H]12. The summed E-state index contributed by atoms with van der Waals surface area (Å²) in [5.74, 6) is 3.76. The zero-order valence-electron chi connectivity index (χ0n) is 16.6. The number of hydrogen-bond donors (Lipinski definition) is 0. The highest BCUT2D eigenvalue weighted by Crippen LogP contribution is 2.64. The van der Waals surface area contributed by atoms with Crippen molar-refractivity contribution in [2.24, 2.45) is 35.0 Å². The molecular weight excluding hydrogens is 324 g/mol. The number of ether oxygens (including phenoxy) is 1. The van der Waals surface area contributed by atoms with Crippen LogP contribution in [0.5, 0.6) is 0 Å². The van der Waals surface area contributed by atoms with Gasteiger partial charge in [0.25, 0.3) is 0 Å². The first-order valence-electron chi connectivity index (χ1n) is 10.8. The van der Waals surface area contributed by atoms with Crippen molar-refractivity contribution >= 4 is 11.8 Å². The third-order valence-corrected chi connectivity index (χ3v) is 8.35. The number of rotatable bonds is 3. The minimum atomic E-state index is -0.122. The van der Waals surface area contributed by atoms with E-state index in [-0.39, 0.29) is 17.5 Å². The Labute approximate surface area is 157 Å². The normalized spacial score (nSPS) is 44.6. The van der Waals surface area contributed by atoms with Gasteiger partial charge in [-0.05, 0) is 74.2 Å². The maximum absolute atomic E-state index is 12.0. The predicted octanol–water partition coefficient (Wildman–Crippen LogP) is 5.09. The zero-order chi connectivity index (χ0) is 18.5. The average molecular weight is 359 g/mol. The molecule has 7 atom stereocenters. The summed E-state index contributed by atoms with van der Waals surface area (Å²) in [6.45, 7) is 6.24. The summed E-state index contributed by atoms with van der Waals surface area (Å²) in [6, 6.07) is 0. The summed E-state index contributed by atoms with van der Waals surface area (Å²) in [5, 5.41) is 0. The van der Waals surface area contributed by atoms with Crippen molar-refractivity contribution in [1.82, 2.24) is 0 Å². The smallest absolute Gasteiger partial charge is 0.302 e. The maximum Gasteiger partial charge on any atom is 0.302 e. The van der Waals surface area contributed by atoms with Crippen LogP contribution in [0, 0.1) is 35.0 Å². The summed E-state index contributed by atoms with van der Waals surface area (Å²) >= 11 is 0. The Bertz CT molecular complexity index is 621. The lowest BCUT2D eigenvalue weighted by Gasteiger charge is -2.56. The van der Waals surface area contributed by atoms with Crippen LogP contribution in [0.2, 0.25) is 0 Å². The van der Waals surface area contributed by atoms with Crippen LogP contribution in [-0.4, -0.2) is 17.9 Å². The van der Waals surface area contributed by atoms with Crippen LogP contribution >= 0.6 is 0 Å². The van der Waals surface area contributed by atoms with Crippen molar-refractivity contribution in [3.63, 3.8) is 0 Å². The molecule has 0 bridgehead atoms. The van der Waals surface area contributed by atoms with Crippen LogP contribution in [0.15, 0.2) is 11.6 Å². The molecule has 3 saturated carbocycles. The number of allylic oxidation sites excluding steroid dienone is 1. The van der Waals surface area contributed by atoms with Gasteiger partial charge in [-0.15, -0.1) is 0 Å². The molecule has 0 radical (unpaired) electrons. The Morgan fingerprint density at radius 1 is 1.27 bits per heavy atom. The molecular formula is C23H34O3. The van der Waals surface area contributed by atoms with Gasteiger partial charge in [-0.3, -0.25) is 9.59 Å². The lowest BCUT2D eigenvalue weighted by molar-refractivity contribution is -0.157. The minimum Gasteiger partial charge on any atom is -0.462 e. The second-order valence-electron chi connectivity index (χ2n) is 9.65. The number of carbonyl (C=O) groups excluding carboxylic acids is 2. The van der Waals surface area contributed by atoms with Crippen LogP contribution < -0.4 is 0 Å². The van der Waals surface area contributed by atoms with E-state index in [9.17, 15) is 9.59 Å². The summed E-state index contributed by atoms with van der Waals surface area (Å²) in [7, 11) is 0. The third kappa shape index (κ3) is 2.86. The highest BCUT2D eigenvalue weighted by atomic mass is 16.5. The second kappa shape index (κ2) is 6.80. The highest BCUT2D eigenvalue weighted by Gasteiger charge is 2.59. The average Bonchev–Trinajstić information content (AvgIpc) is 2.90. The molecule has 0 aromatic carbocycles. The Hall–Kier alpha value is -1.12. The first kappa shape index (κ1) is 18.3. The van der Waals surface area contributed by atoms with Crippen molar-refractivity contribution in [3.05, 3.63) is 11.6 Å². The predicted molar refractivity (Wildman–Crippen MR) is 101 cm³/mol. The fourth-order valence-corrected chi connectivity index (χ4v) is 7.39. The van der Waals surface area contributed by atoms with E-state index in [4.69, 9.17) is 4.74 Å². The molecule has 26 heavy (non-hydrogen) atoms. The van der Waals surface area contributed by atoms with E-state index >= 15 is 0 Å². The van der Waals surface area contributed by atoms with Crippen LogP contribution in [0.25, 0.3) is 0 Å². The van der Waals surface area contributed by atoms with Gasteiger partial charge in [-0.2, -0.15) is 0 Å². The molecule has 4 rings (SSSR count). The number of carbonyl (C=O) groups is 2. The Morgan fingerprint density at radius 2 is 2.08 bits per heavy atom. The van der Waals surface area contributed by atoms with Gasteiger partial charge in [0.1, 0.15) is 6.10 Å². The molecule has 3 fully saturated rings. The number of hydrogen-bond acceptors (Lipinski definition) is 3. The van der Waals surface area contributed by atoms with Gasteiger partial charge < -0.3 is 4.74 Å². The first-order chi connectivity index (χ1) is 12.4. The van der Waals surface area contributed by atoms with Crippen molar-refractivity contribution in [2.45, 2.75) is 84.7 Å². The maximum atomic E-state index is 12.0. The molecule has 0 unspecified atom stereocenters. The van der Waals surface area contributed by atoms with Crippen molar-refractivity contribution < 1.29 is 14.3 Å². The van der Waals surface area contributed by atoms with Gasteiger partial charge >= 0.3 is 5.97 Å². The topological polar surface area (TPSA) is 43.4 Å². The molecule has 4 aliphatic rings. The van der Waals surface area contributed by atoms with Gasteiger partial charge in [-0.25, -0.2) is 0 Å². The lowest BCUT2D eigenvalue weighted by atomic mass is 9.49. The Balaban J connectivity index is 1.65. The van der Waals surface area contributed by atoms with Gasteiger partial charge in [0.05, 0.1) is 0 Å². The van der Waals surface area contributed by atoms with E-state index < -0.39 is 0 Å². The van der Waals surface area contributed by atoms with E-state index in [1.165, 1.54) is 37.7 Å². The van der Waals surface area contributed by atoms with Crippen LogP contribution in [-0.2, 0) is 14.3 Å². The van der Waals surface area contributed by atoms with Gasteiger partial charge in [-0.1, -0.05) is 32.3 Å². The number of esters is 1. The monoisotopic (exact) mass is 358 g/mol. The highest BCUT2D eigenvalue weighted by molar-refractivity contribution is 5.91. The van der Waals surface area contributed by atoms with E-state index in [1.807, 2.05) is 6.08 Å². The third-order valence-electron chi connectivity index (χ3n) is 8.35. The molecule has 0 N–H and O–H groups in total. The molecule has 4 aliphatic carbocycles. The van der Waals surface area contributed by atoms with E-state index in [2.05, 4.69) is 13.8 Å². The Kier molecular flexibility index (Phi) is 4.77. The van der Waals surface area contributed by atoms with Gasteiger partial charge in [0.15, 0.2) is 5.78 Å². The Morgan fingerprint density at radius 3 is 2.81 bits per heavy atom. The summed E-state index contributed by atoms with van der Waals surface area (Å²) in [6.07, 6.45) is 12.2. The quantitative estimate of drug-likeness (QED) is 0.660. The molecule has 0 aromatic rings. The lowest BCUT2D eigenvalue weighted by Crippen LogP contribution is -2.51. The van der Waals surface area contributed by atoms with Crippen molar-refractivity contribution in [3.8, 4) is 0 Å². The summed E-state index contributed by atoms with van der Waals surface area (Å²) in [4.78, 5) is 23.6. The van der Waals surface area contributed by atoms with Crippen LogP contribution in [0.1, 0.15) is 78.6 Å². The molecule has 3 nitrogen and oxygen atoms in total. The molecule has 3 heteroatoms. The fourth-order valence-electron chi connectivity index (χ4n) is 7.39. The van der Waals surface area contributed by atoms with Gasteiger partial charge in [0, 0.05) is 18.8 Å². The van der Waals surface area contributed by atoms with E-state index in [0.717, 1.165) is 37.5 Å². The summed E-state index contributed by atoms with van der Waals surface area (Å²) < 4.78 is 5.78. The standard InChI is InChI=1S/C23H34O3/c1-4-5-15-12-16-13-17(25)6-7-18(16)19-10-11-23(3)20(22(15)19)8-9-21(23)26-14(2)24/h13,15,18-22H,4-12H2,1-3H3/t15-,18+,19-,20+,21+,22-,23+/m1/s1. The molecule has 0 aliphatic heterocycles. The zero-order valence-corrected chi connectivity index (χ0v) is 16.6. The summed E-state index contributed by atoms with van der Waals surface area (Å²) in [5.41, 5.74) is 1.63. The molecule has 0 spiro atoms. The van der Waals surface area contributed by atoms with Gasteiger partial charge in [0.2, 0.25) is 0 Å². The number of ketones is 1. The fraction of sp³-hybridized carbons (Fsp3) is 0.826. The molecule has 0 heterocycles. The van der Waals surface area contributed by atoms with E-state index in [1.54, 1.807) is 6.92 Å². The first-order valence-corrected chi connectivity index (χ1v) is 10.8. The molecule has 0 saturated heterocycles. The van der Waals surface area contributed by atoms with Crippen LogP contribution in [0.3, 0.4) is 0 Å². The molecule has 144 valence electrons. The second-order valence-corrected chi connectivity index (χ2v) is 9.65. The van der Waals surface area contributed by atoms with Crippen LogP contribution in [0.4, 0.5) is 0 Å². The number of fused-ring (bicyclic) bond motifs is 5. The molecule has 0 amide bonds. The van der Waals surface area contributed by atoms with Crippen molar-refractivity contribution in [1.29, 1.82) is 0 Å². The van der Waals surface area contributed by atoms with Crippen molar-refractivity contribution in [2.75, 3.05) is 0 Å².